The van der Waals surface area contributed by atoms with E-state index in [0.29, 0.717) is 12.1 Å². The first-order valence-electron chi connectivity index (χ1n) is 5.88. The molecule has 2 aromatic rings. The molecule has 1 aromatic heterocycles. The number of aromatic hydroxyl groups is 1. The van der Waals surface area contributed by atoms with Crippen LogP contribution in [0.2, 0.25) is 0 Å². The molecule has 0 fully saturated rings. The quantitative estimate of drug-likeness (QED) is 0.892. The highest BCUT2D eigenvalue weighted by Gasteiger charge is 2.09. The summed E-state index contributed by atoms with van der Waals surface area (Å²) in [6.45, 7) is 2.33. The van der Waals surface area contributed by atoms with E-state index < -0.39 is 11.6 Å². The lowest BCUT2D eigenvalue weighted by molar-refractivity contribution is 0.471. The average molecular weight is 264 g/mol. The van der Waals surface area contributed by atoms with Crippen LogP contribution in [0.4, 0.5) is 8.78 Å². The lowest BCUT2D eigenvalue weighted by Gasteiger charge is -2.14. The number of aromatic nitrogens is 1. The number of nitrogens with zero attached hydrogens (tertiary/aromatic N) is 1. The van der Waals surface area contributed by atoms with Crippen LogP contribution in [-0.4, -0.2) is 10.1 Å². The standard InChI is InChI=1S/C14H14F2N2O/c1-9(10-2-5-13(15)14(16)6-10)17-7-11-3-4-12(19)8-18-11/h2-6,8-9,17,19H,7H2,1H3. The molecule has 1 aromatic carbocycles. The normalized spacial score (nSPS) is 12.4. The molecule has 2 N–H and O–H groups in total. The number of benzene rings is 1. The number of hydrogen-bond donors (Lipinski definition) is 2. The highest BCUT2D eigenvalue weighted by atomic mass is 19.2. The van der Waals surface area contributed by atoms with Gasteiger partial charge in [-0.15, -0.1) is 0 Å². The van der Waals surface area contributed by atoms with Crippen molar-refractivity contribution in [1.29, 1.82) is 0 Å². The van der Waals surface area contributed by atoms with E-state index in [1.165, 1.54) is 12.3 Å². The smallest absolute Gasteiger partial charge is 0.159 e. The Morgan fingerprint density at radius 2 is 2.00 bits per heavy atom. The largest absolute Gasteiger partial charge is 0.506 e. The van der Waals surface area contributed by atoms with Gasteiger partial charge in [-0.3, -0.25) is 4.98 Å². The van der Waals surface area contributed by atoms with Crippen molar-refractivity contribution in [3.05, 3.63) is 59.4 Å². The van der Waals surface area contributed by atoms with E-state index in [9.17, 15) is 8.78 Å². The lowest BCUT2D eigenvalue weighted by atomic mass is 10.1. The van der Waals surface area contributed by atoms with Gasteiger partial charge in [-0.1, -0.05) is 6.07 Å². The van der Waals surface area contributed by atoms with Gasteiger partial charge in [0.05, 0.1) is 11.9 Å². The summed E-state index contributed by atoms with van der Waals surface area (Å²) in [5.41, 5.74) is 1.42. The minimum atomic E-state index is -0.853. The summed E-state index contributed by atoms with van der Waals surface area (Å²) in [6, 6.07) is 6.94. The van der Waals surface area contributed by atoms with Gasteiger partial charge in [-0.05, 0) is 36.8 Å². The zero-order chi connectivity index (χ0) is 13.8. The molecular weight excluding hydrogens is 250 g/mol. The van der Waals surface area contributed by atoms with Crippen LogP contribution in [0, 0.1) is 11.6 Å². The maximum atomic E-state index is 13.1. The third kappa shape index (κ3) is 3.48. The molecule has 0 aliphatic heterocycles. The minimum absolute atomic E-state index is 0.109. The van der Waals surface area contributed by atoms with E-state index in [1.54, 1.807) is 18.2 Å². The van der Waals surface area contributed by atoms with Crippen molar-refractivity contribution in [2.24, 2.45) is 0 Å². The number of nitrogens with one attached hydrogen (secondary N) is 1. The first kappa shape index (κ1) is 13.4. The van der Waals surface area contributed by atoms with Gasteiger partial charge < -0.3 is 10.4 Å². The molecule has 0 aliphatic carbocycles. The summed E-state index contributed by atoms with van der Waals surface area (Å²) in [5.74, 6) is -1.59. The van der Waals surface area contributed by atoms with Gasteiger partial charge in [0.15, 0.2) is 11.6 Å². The van der Waals surface area contributed by atoms with E-state index >= 15 is 0 Å². The number of halogens is 2. The molecule has 0 saturated carbocycles. The molecule has 1 atom stereocenters. The molecule has 1 heterocycles. The Morgan fingerprint density at radius 1 is 1.21 bits per heavy atom. The van der Waals surface area contributed by atoms with Crippen molar-refractivity contribution in [3.8, 4) is 5.75 Å². The van der Waals surface area contributed by atoms with Crippen LogP contribution in [-0.2, 0) is 6.54 Å². The molecule has 5 heteroatoms. The Morgan fingerprint density at radius 3 is 2.63 bits per heavy atom. The Balaban J connectivity index is 1.98. The fourth-order valence-electron chi connectivity index (χ4n) is 1.68. The maximum Gasteiger partial charge on any atom is 0.159 e. The number of rotatable bonds is 4. The van der Waals surface area contributed by atoms with Crippen LogP contribution in [0.25, 0.3) is 0 Å². The zero-order valence-corrected chi connectivity index (χ0v) is 10.4. The van der Waals surface area contributed by atoms with E-state index in [-0.39, 0.29) is 11.8 Å². The highest BCUT2D eigenvalue weighted by Crippen LogP contribution is 2.16. The Labute approximate surface area is 109 Å². The van der Waals surface area contributed by atoms with E-state index in [1.807, 2.05) is 6.92 Å². The van der Waals surface area contributed by atoms with Crippen LogP contribution in [0.15, 0.2) is 36.5 Å². The molecule has 0 aliphatic rings. The van der Waals surface area contributed by atoms with Crippen LogP contribution >= 0.6 is 0 Å². The third-order valence-electron chi connectivity index (χ3n) is 2.84. The lowest BCUT2D eigenvalue weighted by Crippen LogP contribution is -2.18. The Bertz CT molecular complexity index is 558. The van der Waals surface area contributed by atoms with Crippen LogP contribution in [0.1, 0.15) is 24.2 Å². The molecule has 2 rings (SSSR count). The second-order valence-corrected chi connectivity index (χ2v) is 4.28. The van der Waals surface area contributed by atoms with Crippen LogP contribution in [0.3, 0.4) is 0 Å². The van der Waals surface area contributed by atoms with Gasteiger partial charge in [0.1, 0.15) is 5.75 Å². The zero-order valence-electron chi connectivity index (χ0n) is 10.4. The van der Waals surface area contributed by atoms with Gasteiger partial charge in [-0.2, -0.15) is 0 Å². The molecule has 1 unspecified atom stereocenters. The summed E-state index contributed by atoms with van der Waals surface area (Å²) in [4.78, 5) is 4.03. The molecule has 0 radical (unpaired) electrons. The molecule has 100 valence electrons. The van der Waals surface area contributed by atoms with Gasteiger partial charge in [0.2, 0.25) is 0 Å². The van der Waals surface area contributed by atoms with Gasteiger partial charge in [0.25, 0.3) is 0 Å². The number of hydrogen-bond acceptors (Lipinski definition) is 3. The van der Waals surface area contributed by atoms with Crippen molar-refractivity contribution < 1.29 is 13.9 Å². The van der Waals surface area contributed by atoms with E-state index in [0.717, 1.165) is 11.8 Å². The highest BCUT2D eigenvalue weighted by molar-refractivity contribution is 5.21. The molecule has 0 saturated heterocycles. The fourth-order valence-corrected chi connectivity index (χ4v) is 1.68. The van der Waals surface area contributed by atoms with Crippen molar-refractivity contribution in [2.75, 3.05) is 0 Å². The van der Waals surface area contributed by atoms with Crippen molar-refractivity contribution in [3.63, 3.8) is 0 Å². The summed E-state index contributed by atoms with van der Waals surface area (Å²) >= 11 is 0. The van der Waals surface area contributed by atoms with Crippen LogP contribution < -0.4 is 5.32 Å². The second-order valence-electron chi connectivity index (χ2n) is 4.28. The van der Waals surface area contributed by atoms with Gasteiger partial charge >= 0.3 is 0 Å². The SMILES string of the molecule is CC(NCc1ccc(O)cn1)c1ccc(F)c(F)c1. The molecule has 19 heavy (non-hydrogen) atoms. The molecule has 0 amide bonds. The Hall–Kier alpha value is -2.01. The average Bonchev–Trinajstić information content (AvgIpc) is 2.41. The Kier molecular flexibility index (Phi) is 4.06. The van der Waals surface area contributed by atoms with Crippen molar-refractivity contribution >= 4 is 0 Å². The maximum absolute atomic E-state index is 13.1. The molecule has 0 bridgehead atoms. The topological polar surface area (TPSA) is 45.1 Å². The predicted molar refractivity (Wildman–Crippen MR) is 67.5 cm³/mol. The summed E-state index contributed by atoms with van der Waals surface area (Å²) < 4.78 is 25.9. The van der Waals surface area contributed by atoms with Crippen molar-refractivity contribution in [1.82, 2.24) is 10.3 Å². The summed E-state index contributed by atoms with van der Waals surface area (Å²) in [5, 5.41) is 12.3. The molecule has 0 spiro atoms. The van der Waals surface area contributed by atoms with Crippen molar-refractivity contribution in [2.45, 2.75) is 19.5 Å². The summed E-state index contributed by atoms with van der Waals surface area (Å²) in [6.07, 6.45) is 1.36. The van der Waals surface area contributed by atoms with Crippen LogP contribution in [0.5, 0.6) is 5.75 Å². The fraction of sp³-hybridized carbons (Fsp3) is 0.214. The van der Waals surface area contributed by atoms with E-state index in [4.69, 9.17) is 5.11 Å². The predicted octanol–water partition coefficient (Wildman–Crippen LogP) is 2.92. The molecule has 3 nitrogen and oxygen atoms in total. The first-order chi connectivity index (χ1) is 9.06. The third-order valence-corrected chi connectivity index (χ3v) is 2.84. The second kappa shape index (κ2) is 5.75. The van der Waals surface area contributed by atoms with E-state index in [2.05, 4.69) is 10.3 Å². The monoisotopic (exact) mass is 264 g/mol. The van der Waals surface area contributed by atoms with Gasteiger partial charge in [0, 0.05) is 12.6 Å². The van der Waals surface area contributed by atoms with Gasteiger partial charge in [-0.25, -0.2) is 8.78 Å². The summed E-state index contributed by atoms with van der Waals surface area (Å²) in [7, 11) is 0. The first-order valence-corrected chi connectivity index (χ1v) is 5.88. The number of pyridine rings is 1. The molecular formula is C14H14F2N2O. The minimum Gasteiger partial charge on any atom is -0.506 e.